The number of ether oxygens (including phenoxy) is 1. The van der Waals surface area contributed by atoms with Gasteiger partial charge in [-0.05, 0) is 67.8 Å². The van der Waals surface area contributed by atoms with Gasteiger partial charge in [0.15, 0.2) is 0 Å². The van der Waals surface area contributed by atoms with Gasteiger partial charge in [0.1, 0.15) is 0 Å². The molecular formula is C25H26N4O5S. The second kappa shape index (κ2) is 10.8. The number of carbonyl (C=O) groups excluding carboxylic acids is 2. The first-order valence-electron chi connectivity index (χ1n) is 11.2. The number of benzene rings is 2. The number of nitrogens with one attached hydrogen (secondary N) is 3. The monoisotopic (exact) mass is 494 g/mol. The standard InChI is InChI=1S/C25H26N4O5S/c1-17-9-10-19(14-23(17)25(31)29-20-6-3-11-26-15-20)28-24(30)18-5-2-8-22(13-18)35(32,33)27-16-21-7-4-12-34-21/h2-3,5-6,8-11,13-15,21,27H,4,7,12,16H2,1H3,(H,28,30)(H,29,31). The third-order valence-corrected chi connectivity index (χ3v) is 7.01. The molecule has 0 aliphatic carbocycles. The van der Waals surface area contributed by atoms with Crippen molar-refractivity contribution >= 4 is 33.2 Å². The molecule has 10 heteroatoms. The largest absolute Gasteiger partial charge is 0.377 e. The van der Waals surface area contributed by atoms with Crippen LogP contribution in [0.3, 0.4) is 0 Å². The zero-order chi connectivity index (χ0) is 24.8. The van der Waals surface area contributed by atoms with Gasteiger partial charge in [0.2, 0.25) is 10.0 Å². The Labute approximate surface area is 204 Å². The van der Waals surface area contributed by atoms with Crippen molar-refractivity contribution in [2.45, 2.75) is 30.8 Å². The number of pyridine rings is 1. The molecule has 1 aromatic heterocycles. The molecule has 1 atom stereocenters. The topological polar surface area (TPSA) is 126 Å². The van der Waals surface area contributed by atoms with Crippen LogP contribution in [-0.4, -0.2) is 44.5 Å². The lowest BCUT2D eigenvalue weighted by atomic mass is 10.1. The maximum Gasteiger partial charge on any atom is 0.256 e. The van der Waals surface area contributed by atoms with Crippen LogP contribution in [0, 0.1) is 6.92 Å². The van der Waals surface area contributed by atoms with E-state index in [0.29, 0.717) is 23.5 Å². The number of aryl methyl sites for hydroxylation is 1. The molecule has 0 bridgehead atoms. The molecule has 182 valence electrons. The minimum Gasteiger partial charge on any atom is -0.377 e. The molecule has 3 aromatic rings. The van der Waals surface area contributed by atoms with E-state index in [4.69, 9.17) is 4.74 Å². The van der Waals surface area contributed by atoms with Gasteiger partial charge in [0, 0.05) is 36.2 Å². The van der Waals surface area contributed by atoms with Gasteiger partial charge in [-0.15, -0.1) is 0 Å². The van der Waals surface area contributed by atoms with Crippen LogP contribution < -0.4 is 15.4 Å². The maximum absolute atomic E-state index is 12.9. The Balaban J connectivity index is 1.46. The molecule has 1 aliphatic rings. The number of carbonyl (C=O) groups is 2. The number of hydrogen-bond donors (Lipinski definition) is 3. The van der Waals surface area contributed by atoms with Crippen molar-refractivity contribution < 1.29 is 22.7 Å². The van der Waals surface area contributed by atoms with E-state index < -0.39 is 15.9 Å². The quantitative estimate of drug-likeness (QED) is 0.441. The highest BCUT2D eigenvalue weighted by atomic mass is 32.2. The number of sulfonamides is 1. The molecule has 1 fully saturated rings. The van der Waals surface area contributed by atoms with E-state index in [-0.39, 0.29) is 29.0 Å². The fourth-order valence-corrected chi connectivity index (χ4v) is 4.79. The van der Waals surface area contributed by atoms with Gasteiger partial charge in [-0.1, -0.05) is 12.1 Å². The lowest BCUT2D eigenvalue weighted by molar-refractivity contribution is 0.101. The van der Waals surface area contributed by atoms with Crippen LogP contribution in [0.2, 0.25) is 0 Å². The predicted molar refractivity (Wildman–Crippen MR) is 132 cm³/mol. The summed E-state index contributed by atoms with van der Waals surface area (Å²) in [5.41, 5.74) is 2.25. The van der Waals surface area contributed by atoms with Crippen molar-refractivity contribution in [2.24, 2.45) is 0 Å². The number of hydrogen-bond acceptors (Lipinski definition) is 6. The van der Waals surface area contributed by atoms with Gasteiger partial charge < -0.3 is 15.4 Å². The zero-order valence-corrected chi connectivity index (χ0v) is 20.0. The second-order valence-electron chi connectivity index (χ2n) is 8.19. The predicted octanol–water partition coefficient (Wildman–Crippen LogP) is 3.35. The van der Waals surface area contributed by atoms with Crippen molar-refractivity contribution in [3.8, 4) is 0 Å². The third-order valence-electron chi connectivity index (χ3n) is 5.59. The summed E-state index contributed by atoms with van der Waals surface area (Å²) in [5, 5.41) is 5.50. The average molecular weight is 495 g/mol. The summed E-state index contributed by atoms with van der Waals surface area (Å²) in [4.78, 5) is 29.5. The maximum atomic E-state index is 12.9. The van der Waals surface area contributed by atoms with Crippen LogP contribution in [0.15, 0.2) is 71.9 Å². The number of amides is 2. The Bertz CT molecular complexity index is 1320. The molecular weight excluding hydrogens is 468 g/mol. The number of rotatable bonds is 8. The molecule has 0 spiro atoms. The van der Waals surface area contributed by atoms with Gasteiger partial charge >= 0.3 is 0 Å². The molecule has 2 aromatic carbocycles. The highest BCUT2D eigenvalue weighted by Gasteiger charge is 2.21. The van der Waals surface area contributed by atoms with Gasteiger partial charge in [0.25, 0.3) is 11.8 Å². The van der Waals surface area contributed by atoms with E-state index in [1.165, 1.54) is 30.5 Å². The normalized spacial score (nSPS) is 15.5. The second-order valence-corrected chi connectivity index (χ2v) is 9.96. The Kier molecular flexibility index (Phi) is 7.54. The lowest BCUT2D eigenvalue weighted by Gasteiger charge is -2.13. The van der Waals surface area contributed by atoms with Crippen LogP contribution >= 0.6 is 0 Å². The van der Waals surface area contributed by atoms with Crippen LogP contribution in [0.5, 0.6) is 0 Å². The average Bonchev–Trinajstić information content (AvgIpc) is 3.38. The Morgan fingerprint density at radius 1 is 1.03 bits per heavy atom. The van der Waals surface area contributed by atoms with E-state index in [2.05, 4.69) is 20.3 Å². The summed E-state index contributed by atoms with van der Waals surface area (Å²) >= 11 is 0. The lowest BCUT2D eigenvalue weighted by Crippen LogP contribution is -2.32. The first kappa shape index (κ1) is 24.5. The minimum atomic E-state index is -3.80. The summed E-state index contributed by atoms with van der Waals surface area (Å²) in [7, 11) is -3.80. The molecule has 3 N–H and O–H groups in total. The molecule has 1 unspecified atom stereocenters. The van der Waals surface area contributed by atoms with E-state index >= 15 is 0 Å². The Morgan fingerprint density at radius 2 is 1.86 bits per heavy atom. The molecule has 2 amide bonds. The smallest absolute Gasteiger partial charge is 0.256 e. The number of anilines is 2. The Hall–Kier alpha value is -3.60. The van der Waals surface area contributed by atoms with Crippen LogP contribution in [0.4, 0.5) is 11.4 Å². The Morgan fingerprint density at radius 3 is 2.60 bits per heavy atom. The zero-order valence-electron chi connectivity index (χ0n) is 19.2. The number of aromatic nitrogens is 1. The van der Waals surface area contributed by atoms with Gasteiger partial charge in [-0.25, -0.2) is 13.1 Å². The van der Waals surface area contributed by atoms with Gasteiger partial charge in [-0.2, -0.15) is 0 Å². The third kappa shape index (κ3) is 6.30. The number of nitrogens with zero attached hydrogens (tertiary/aromatic N) is 1. The summed E-state index contributed by atoms with van der Waals surface area (Å²) in [6.45, 7) is 2.61. The first-order chi connectivity index (χ1) is 16.8. The van der Waals surface area contributed by atoms with Crippen LogP contribution in [0.25, 0.3) is 0 Å². The molecule has 4 rings (SSSR count). The molecule has 9 nitrogen and oxygen atoms in total. The fraction of sp³-hybridized carbons (Fsp3) is 0.240. The van der Waals surface area contributed by atoms with Crippen LogP contribution in [0.1, 0.15) is 39.1 Å². The summed E-state index contributed by atoms with van der Waals surface area (Å²) < 4.78 is 33.4. The van der Waals surface area contributed by atoms with Crippen LogP contribution in [-0.2, 0) is 14.8 Å². The van der Waals surface area contributed by atoms with E-state index in [9.17, 15) is 18.0 Å². The van der Waals surface area contributed by atoms with Crippen molar-refractivity contribution in [1.29, 1.82) is 0 Å². The molecule has 0 saturated carbocycles. The van der Waals surface area contributed by atoms with E-state index in [1.54, 1.807) is 43.5 Å². The van der Waals surface area contributed by atoms with Gasteiger partial charge in [0.05, 0.1) is 22.9 Å². The van der Waals surface area contributed by atoms with Crippen molar-refractivity contribution in [3.63, 3.8) is 0 Å². The van der Waals surface area contributed by atoms with Crippen molar-refractivity contribution in [1.82, 2.24) is 9.71 Å². The summed E-state index contributed by atoms with van der Waals surface area (Å²) in [6.07, 6.45) is 4.73. The molecule has 1 saturated heterocycles. The van der Waals surface area contributed by atoms with Gasteiger partial charge in [-0.3, -0.25) is 14.6 Å². The van der Waals surface area contributed by atoms with E-state index in [0.717, 1.165) is 18.4 Å². The first-order valence-corrected chi connectivity index (χ1v) is 12.6. The van der Waals surface area contributed by atoms with Crippen molar-refractivity contribution in [3.05, 3.63) is 83.7 Å². The molecule has 1 aliphatic heterocycles. The molecule has 2 heterocycles. The minimum absolute atomic E-state index is 0.0106. The fourth-order valence-electron chi connectivity index (χ4n) is 3.68. The highest BCUT2D eigenvalue weighted by Crippen LogP contribution is 2.19. The summed E-state index contributed by atoms with van der Waals surface area (Å²) in [5.74, 6) is -0.833. The SMILES string of the molecule is Cc1ccc(NC(=O)c2cccc(S(=O)(=O)NCC3CCCO3)c2)cc1C(=O)Nc1cccnc1. The summed E-state index contributed by atoms with van der Waals surface area (Å²) in [6, 6.07) is 14.2. The van der Waals surface area contributed by atoms with Crippen molar-refractivity contribution in [2.75, 3.05) is 23.8 Å². The van der Waals surface area contributed by atoms with E-state index in [1.807, 2.05) is 0 Å². The highest BCUT2D eigenvalue weighted by molar-refractivity contribution is 7.89. The molecule has 35 heavy (non-hydrogen) atoms. The molecule has 0 radical (unpaired) electrons.